The van der Waals surface area contributed by atoms with Gasteiger partial charge in [0.15, 0.2) is 0 Å². The molecular formula is C26H29N7O2. The van der Waals surface area contributed by atoms with E-state index in [9.17, 15) is 9.59 Å². The number of nitrogens with zero attached hydrogens (tertiary/aromatic N) is 4. The highest BCUT2D eigenvalue weighted by atomic mass is 16.2. The molecule has 5 rings (SSSR count). The standard InChI is InChI=1S/C26H29N7O2/c1-17-2-4-18(5-3-17)25(35)33-14-12-32(13-15-33)21-10-8-20(9-11-21)30-26-28-16-22(23(27)34)24(31-26)29-19-6-7-19/h2-5,8-11,16,19H,6-7,12-15H2,1H3,(H2,27,34)(H2,28,29,30,31). The minimum Gasteiger partial charge on any atom is -0.368 e. The molecule has 0 atom stereocenters. The summed E-state index contributed by atoms with van der Waals surface area (Å²) in [6.45, 7) is 4.94. The first-order valence-electron chi connectivity index (χ1n) is 11.9. The maximum Gasteiger partial charge on any atom is 0.254 e. The summed E-state index contributed by atoms with van der Waals surface area (Å²) in [6.07, 6.45) is 3.57. The third kappa shape index (κ3) is 5.34. The van der Waals surface area contributed by atoms with Crippen molar-refractivity contribution in [3.05, 3.63) is 71.4 Å². The number of nitrogens with one attached hydrogen (secondary N) is 2. The third-order valence-corrected chi connectivity index (χ3v) is 6.33. The van der Waals surface area contributed by atoms with Gasteiger partial charge in [0.05, 0.1) is 5.56 Å². The van der Waals surface area contributed by atoms with Crippen LogP contribution in [0.3, 0.4) is 0 Å². The molecule has 2 aromatic carbocycles. The van der Waals surface area contributed by atoms with E-state index in [1.807, 2.05) is 60.4 Å². The Morgan fingerprint density at radius 1 is 0.971 bits per heavy atom. The fourth-order valence-corrected chi connectivity index (χ4v) is 4.08. The monoisotopic (exact) mass is 471 g/mol. The van der Waals surface area contributed by atoms with Crippen LogP contribution < -0.4 is 21.3 Å². The number of piperazine rings is 1. The fraction of sp³-hybridized carbons (Fsp3) is 0.308. The lowest BCUT2D eigenvalue weighted by Gasteiger charge is -2.36. The number of carbonyl (C=O) groups excluding carboxylic acids is 2. The van der Waals surface area contributed by atoms with Gasteiger partial charge in [0.1, 0.15) is 5.82 Å². The number of aryl methyl sites for hydroxylation is 1. The molecule has 9 heteroatoms. The number of primary amides is 1. The highest BCUT2D eigenvalue weighted by Crippen LogP contribution is 2.27. The molecule has 2 heterocycles. The van der Waals surface area contributed by atoms with Crippen molar-refractivity contribution in [3.63, 3.8) is 0 Å². The molecule has 0 radical (unpaired) electrons. The lowest BCUT2D eigenvalue weighted by molar-refractivity contribution is 0.0746. The number of nitrogens with two attached hydrogens (primary N) is 1. The normalized spacial score (nSPS) is 15.6. The van der Waals surface area contributed by atoms with Gasteiger partial charge in [0.2, 0.25) is 5.95 Å². The zero-order chi connectivity index (χ0) is 24.4. The lowest BCUT2D eigenvalue weighted by atomic mass is 10.1. The second kappa shape index (κ2) is 9.61. The molecule has 0 spiro atoms. The second-order valence-electron chi connectivity index (χ2n) is 9.06. The van der Waals surface area contributed by atoms with Gasteiger partial charge < -0.3 is 26.2 Å². The summed E-state index contributed by atoms with van der Waals surface area (Å²) < 4.78 is 0. The van der Waals surface area contributed by atoms with Gasteiger partial charge in [-0.15, -0.1) is 0 Å². The number of amides is 2. The maximum absolute atomic E-state index is 12.8. The first-order chi connectivity index (χ1) is 17.0. The van der Waals surface area contributed by atoms with Crippen molar-refractivity contribution in [2.24, 2.45) is 5.73 Å². The number of hydrogen-bond acceptors (Lipinski definition) is 7. The van der Waals surface area contributed by atoms with Crippen LogP contribution >= 0.6 is 0 Å². The molecule has 35 heavy (non-hydrogen) atoms. The molecule has 2 aliphatic rings. The van der Waals surface area contributed by atoms with Crippen molar-refractivity contribution >= 4 is 35.0 Å². The molecule has 1 saturated heterocycles. The van der Waals surface area contributed by atoms with E-state index in [1.54, 1.807) is 0 Å². The number of hydrogen-bond donors (Lipinski definition) is 3. The average molecular weight is 472 g/mol. The van der Waals surface area contributed by atoms with E-state index in [-0.39, 0.29) is 11.5 Å². The molecule has 0 unspecified atom stereocenters. The number of aromatic nitrogens is 2. The van der Waals surface area contributed by atoms with Gasteiger partial charge in [-0.05, 0) is 56.2 Å². The van der Waals surface area contributed by atoms with Gasteiger partial charge in [-0.1, -0.05) is 17.7 Å². The summed E-state index contributed by atoms with van der Waals surface area (Å²) in [5.74, 6) is 0.396. The van der Waals surface area contributed by atoms with E-state index in [0.29, 0.717) is 30.9 Å². The van der Waals surface area contributed by atoms with E-state index in [1.165, 1.54) is 6.20 Å². The molecule has 1 aliphatic heterocycles. The summed E-state index contributed by atoms with van der Waals surface area (Å²) in [5, 5.41) is 6.43. The van der Waals surface area contributed by atoms with Crippen molar-refractivity contribution in [2.45, 2.75) is 25.8 Å². The van der Waals surface area contributed by atoms with Crippen LogP contribution in [0.4, 0.5) is 23.1 Å². The predicted octanol–water partition coefficient (Wildman–Crippen LogP) is 3.16. The lowest BCUT2D eigenvalue weighted by Crippen LogP contribution is -2.48. The van der Waals surface area contributed by atoms with Crippen LogP contribution in [0.5, 0.6) is 0 Å². The summed E-state index contributed by atoms with van der Waals surface area (Å²) in [6, 6.07) is 16.1. The summed E-state index contributed by atoms with van der Waals surface area (Å²) in [7, 11) is 0. The van der Waals surface area contributed by atoms with E-state index in [4.69, 9.17) is 5.73 Å². The first kappa shape index (κ1) is 22.6. The number of anilines is 4. The molecule has 3 aromatic rings. The number of rotatable bonds is 7. The van der Waals surface area contributed by atoms with Gasteiger partial charge >= 0.3 is 0 Å². The number of carbonyl (C=O) groups is 2. The van der Waals surface area contributed by atoms with Gasteiger partial charge in [-0.2, -0.15) is 4.98 Å². The van der Waals surface area contributed by atoms with Crippen molar-refractivity contribution in [1.82, 2.24) is 14.9 Å². The van der Waals surface area contributed by atoms with Crippen molar-refractivity contribution in [1.29, 1.82) is 0 Å². The van der Waals surface area contributed by atoms with E-state index < -0.39 is 5.91 Å². The SMILES string of the molecule is Cc1ccc(C(=O)N2CCN(c3ccc(Nc4ncc(C(N)=O)c(NC5CC5)n4)cc3)CC2)cc1. The quantitative estimate of drug-likeness (QED) is 0.485. The molecular weight excluding hydrogens is 442 g/mol. The highest BCUT2D eigenvalue weighted by Gasteiger charge is 2.25. The minimum absolute atomic E-state index is 0.0853. The Morgan fingerprint density at radius 2 is 1.66 bits per heavy atom. The zero-order valence-electron chi connectivity index (χ0n) is 19.7. The summed E-state index contributed by atoms with van der Waals surface area (Å²) in [4.78, 5) is 37.3. The molecule has 1 aromatic heterocycles. The fourth-order valence-electron chi connectivity index (χ4n) is 4.08. The van der Waals surface area contributed by atoms with E-state index in [0.717, 1.165) is 48.4 Å². The smallest absolute Gasteiger partial charge is 0.254 e. The Kier molecular flexibility index (Phi) is 6.22. The highest BCUT2D eigenvalue weighted by molar-refractivity contribution is 5.97. The van der Waals surface area contributed by atoms with Gasteiger partial charge in [0.25, 0.3) is 11.8 Å². The maximum atomic E-state index is 12.8. The molecule has 1 saturated carbocycles. The molecule has 2 fully saturated rings. The van der Waals surface area contributed by atoms with Crippen molar-refractivity contribution < 1.29 is 9.59 Å². The van der Waals surface area contributed by atoms with Crippen LogP contribution in [0, 0.1) is 6.92 Å². The molecule has 9 nitrogen and oxygen atoms in total. The van der Waals surface area contributed by atoms with Crippen LogP contribution in [0.15, 0.2) is 54.7 Å². The van der Waals surface area contributed by atoms with E-state index in [2.05, 4.69) is 25.5 Å². The van der Waals surface area contributed by atoms with Gasteiger partial charge in [0, 0.05) is 55.4 Å². The van der Waals surface area contributed by atoms with Crippen LogP contribution in [0.1, 0.15) is 39.1 Å². The number of benzene rings is 2. The Balaban J connectivity index is 1.19. The first-order valence-corrected chi connectivity index (χ1v) is 11.9. The molecule has 0 bridgehead atoms. The van der Waals surface area contributed by atoms with Crippen molar-refractivity contribution in [2.75, 3.05) is 41.7 Å². The second-order valence-corrected chi connectivity index (χ2v) is 9.06. The average Bonchev–Trinajstić information content (AvgIpc) is 3.69. The van der Waals surface area contributed by atoms with Crippen LogP contribution in [-0.4, -0.2) is 58.9 Å². The molecule has 2 amide bonds. The van der Waals surface area contributed by atoms with Gasteiger partial charge in [-0.3, -0.25) is 9.59 Å². The predicted molar refractivity (Wildman–Crippen MR) is 136 cm³/mol. The van der Waals surface area contributed by atoms with Crippen LogP contribution in [0.25, 0.3) is 0 Å². The Hall–Kier alpha value is -4.14. The Bertz CT molecular complexity index is 1220. The zero-order valence-corrected chi connectivity index (χ0v) is 19.7. The van der Waals surface area contributed by atoms with Crippen LogP contribution in [-0.2, 0) is 0 Å². The minimum atomic E-state index is -0.551. The largest absolute Gasteiger partial charge is 0.368 e. The Labute approximate surface area is 204 Å². The van der Waals surface area contributed by atoms with E-state index >= 15 is 0 Å². The molecule has 1 aliphatic carbocycles. The third-order valence-electron chi connectivity index (χ3n) is 6.33. The molecule has 4 N–H and O–H groups in total. The summed E-state index contributed by atoms with van der Waals surface area (Å²) in [5.41, 5.74) is 9.56. The van der Waals surface area contributed by atoms with Gasteiger partial charge in [-0.25, -0.2) is 4.98 Å². The topological polar surface area (TPSA) is 116 Å². The van der Waals surface area contributed by atoms with Crippen LogP contribution in [0.2, 0.25) is 0 Å². The molecule has 180 valence electrons. The summed E-state index contributed by atoms with van der Waals surface area (Å²) >= 11 is 0. The van der Waals surface area contributed by atoms with Crippen molar-refractivity contribution in [3.8, 4) is 0 Å². The Morgan fingerprint density at radius 3 is 2.29 bits per heavy atom.